The third-order valence-electron chi connectivity index (χ3n) is 4.44. The van der Waals surface area contributed by atoms with E-state index in [2.05, 4.69) is 11.1 Å². The van der Waals surface area contributed by atoms with E-state index >= 15 is 0 Å². The van der Waals surface area contributed by atoms with Gasteiger partial charge in [0.25, 0.3) is 0 Å². The van der Waals surface area contributed by atoms with E-state index in [4.69, 9.17) is 9.84 Å². The number of nitrogens with zero attached hydrogens (tertiary/aromatic N) is 1. The molecular weight excluding hydrogens is 589 g/mol. The molecule has 1 heterocycles. The van der Waals surface area contributed by atoms with Gasteiger partial charge in [0.2, 0.25) is 0 Å². The van der Waals surface area contributed by atoms with E-state index in [-0.39, 0.29) is 51.2 Å². The molecule has 0 spiro atoms. The van der Waals surface area contributed by atoms with Gasteiger partial charge in [-0.05, 0) is 17.3 Å². The number of ketones is 1. The summed E-state index contributed by atoms with van der Waals surface area (Å²) in [5, 5.41) is 28.0. The molecule has 0 aliphatic rings. The maximum absolute atomic E-state index is 11.5. The number of pyridine rings is 1. The number of allylic oxidation sites excluding steroid dienone is 2. The van der Waals surface area contributed by atoms with E-state index in [0.29, 0.717) is 22.6 Å². The molecule has 0 saturated heterocycles. The first-order chi connectivity index (χ1) is 14.3. The molecule has 2 rings (SSSR count). The van der Waals surface area contributed by atoms with Gasteiger partial charge in [0.05, 0.1) is 13.7 Å². The summed E-state index contributed by atoms with van der Waals surface area (Å²) in [6.07, 6.45) is 2.96. The zero-order chi connectivity index (χ0) is 23.8. The zero-order valence-corrected chi connectivity index (χ0v) is 22.1. The molecule has 32 heavy (non-hydrogen) atoms. The smallest absolute Gasteiger partial charge is 0.164 e. The summed E-state index contributed by atoms with van der Waals surface area (Å²) in [6, 6.07) is 10.0. The fourth-order valence-electron chi connectivity index (χ4n) is 2.27. The monoisotopic (exact) mass is 623 g/mol. The van der Waals surface area contributed by atoms with Crippen LogP contribution in [0.2, 0.25) is 0 Å². The topological polar surface area (TPSA) is 99.9 Å². The SMILES string of the molecule is CC(C)(C)C(=O)/C=C(\O)C(C)(C)C.COc1c[c-]c(-c2cc(CO)ccn2)c(CO)c1.[Pt]. The molecule has 0 aliphatic carbocycles. The second kappa shape index (κ2) is 12.9. The van der Waals surface area contributed by atoms with E-state index < -0.39 is 5.41 Å². The Morgan fingerprint density at radius 3 is 2.19 bits per heavy atom. The maximum atomic E-state index is 11.5. The van der Waals surface area contributed by atoms with Gasteiger partial charge >= 0.3 is 0 Å². The first-order valence-electron chi connectivity index (χ1n) is 10.0. The van der Waals surface area contributed by atoms with E-state index in [1.54, 1.807) is 37.6 Å². The summed E-state index contributed by atoms with van der Waals surface area (Å²) in [4.78, 5) is 15.7. The molecule has 2 aromatic rings. The van der Waals surface area contributed by atoms with Crippen molar-refractivity contribution in [3.8, 4) is 17.0 Å². The summed E-state index contributed by atoms with van der Waals surface area (Å²) in [5.41, 5.74) is 2.09. The summed E-state index contributed by atoms with van der Waals surface area (Å²) in [5.74, 6) is 0.744. The van der Waals surface area contributed by atoms with Crippen LogP contribution in [0.3, 0.4) is 0 Å². The molecule has 1 aromatic carbocycles. The Morgan fingerprint density at radius 1 is 1.09 bits per heavy atom. The van der Waals surface area contributed by atoms with Crippen molar-refractivity contribution in [1.82, 2.24) is 4.98 Å². The molecule has 0 bridgehead atoms. The van der Waals surface area contributed by atoms with Gasteiger partial charge in [0, 0.05) is 56.5 Å². The molecule has 180 valence electrons. The van der Waals surface area contributed by atoms with Crippen LogP contribution in [0.5, 0.6) is 5.75 Å². The van der Waals surface area contributed by atoms with Gasteiger partial charge in [-0.2, -0.15) is 0 Å². The zero-order valence-electron chi connectivity index (χ0n) is 19.8. The van der Waals surface area contributed by atoms with Crippen molar-refractivity contribution in [2.24, 2.45) is 10.8 Å². The number of carbonyl (C=O) groups is 1. The van der Waals surface area contributed by atoms with Crippen LogP contribution in [0.4, 0.5) is 0 Å². The van der Waals surface area contributed by atoms with E-state index in [1.165, 1.54) is 6.08 Å². The Kier molecular flexibility index (Phi) is 12.1. The predicted molar refractivity (Wildman–Crippen MR) is 122 cm³/mol. The Bertz CT molecular complexity index is 911. The first kappa shape index (κ1) is 30.0. The Hall–Kier alpha value is -2.01. The van der Waals surface area contributed by atoms with Crippen LogP contribution in [-0.4, -0.2) is 33.2 Å². The third-order valence-corrected chi connectivity index (χ3v) is 4.44. The molecule has 0 radical (unpaired) electrons. The van der Waals surface area contributed by atoms with Crippen LogP contribution in [-0.2, 0) is 39.1 Å². The minimum Gasteiger partial charge on any atom is -0.540 e. The molecule has 0 amide bonds. The van der Waals surface area contributed by atoms with Crippen LogP contribution in [0.25, 0.3) is 11.3 Å². The molecule has 0 unspecified atom stereocenters. The van der Waals surface area contributed by atoms with Gasteiger partial charge in [-0.3, -0.25) is 4.79 Å². The second-order valence-corrected chi connectivity index (χ2v) is 9.20. The van der Waals surface area contributed by atoms with Crippen LogP contribution >= 0.6 is 0 Å². The van der Waals surface area contributed by atoms with Gasteiger partial charge in [-0.25, -0.2) is 0 Å². The van der Waals surface area contributed by atoms with Gasteiger partial charge in [0.15, 0.2) is 5.78 Å². The molecule has 0 saturated carbocycles. The van der Waals surface area contributed by atoms with Gasteiger partial charge < -0.3 is 25.0 Å². The Labute approximate surface area is 205 Å². The number of hydrogen-bond donors (Lipinski definition) is 3. The normalized spacial score (nSPS) is 11.7. The summed E-state index contributed by atoms with van der Waals surface area (Å²) in [6.45, 7) is 11.0. The Balaban J connectivity index is 0.000000617. The molecule has 7 heteroatoms. The Morgan fingerprint density at radius 2 is 1.72 bits per heavy atom. The van der Waals surface area contributed by atoms with E-state index in [9.17, 15) is 15.0 Å². The molecule has 6 nitrogen and oxygen atoms in total. The van der Waals surface area contributed by atoms with Gasteiger partial charge in [-0.1, -0.05) is 59.2 Å². The number of carbonyl (C=O) groups excluding carboxylic acids is 1. The van der Waals surface area contributed by atoms with Crippen LogP contribution in [0.15, 0.2) is 42.3 Å². The molecule has 1 aromatic heterocycles. The van der Waals surface area contributed by atoms with Crippen molar-refractivity contribution in [2.45, 2.75) is 54.8 Å². The molecule has 3 N–H and O–H groups in total. The van der Waals surface area contributed by atoms with Crippen LogP contribution in [0.1, 0.15) is 52.7 Å². The van der Waals surface area contributed by atoms with Crippen molar-refractivity contribution in [1.29, 1.82) is 0 Å². The van der Waals surface area contributed by atoms with Crippen LogP contribution in [0, 0.1) is 16.9 Å². The number of aliphatic hydroxyl groups excluding tert-OH is 3. The molecule has 0 atom stereocenters. The van der Waals surface area contributed by atoms with E-state index in [0.717, 1.165) is 5.56 Å². The minimum atomic E-state index is -0.417. The fourth-order valence-corrected chi connectivity index (χ4v) is 2.27. The number of hydrogen-bond acceptors (Lipinski definition) is 6. The largest absolute Gasteiger partial charge is 0.540 e. The number of methoxy groups -OCH3 is 1. The molecule has 0 aliphatic heterocycles. The predicted octanol–water partition coefficient (Wildman–Crippen LogP) is 4.63. The number of ether oxygens (including phenoxy) is 1. The summed E-state index contributed by atoms with van der Waals surface area (Å²) in [7, 11) is 1.56. The van der Waals surface area contributed by atoms with Crippen molar-refractivity contribution >= 4 is 5.78 Å². The van der Waals surface area contributed by atoms with Crippen molar-refractivity contribution in [3.63, 3.8) is 0 Å². The first-order valence-corrected chi connectivity index (χ1v) is 10.0. The van der Waals surface area contributed by atoms with Crippen LogP contribution < -0.4 is 4.74 Å². The van der Waals surface area contributed by atoms with Gasteiger partial charge in [0.1, 0.15) is 5.76 Å². The third kappa shape index (κ3) is 9.23. The quantitative estimate of drug-likeness (QED) is 0.255. The average Bonchev–Trinajstić information content (AvgIpc) is 2.72. The minimum absolute atomic E-state index is 0. The summed E-state index contributed by atoms with van der Waals surface area (Å²) < 4.78 is 5.09. The molecular formula is C25H34NO5Pt-. The average molecular weight is 624 g/mol. The number of aliphatic hydroxyl groups is 3. The van der Waals surface area contributed by atoms with Crippen molar-refractivity contribution in [2.75, 3.05) is 7.11 Å². The number of benzene rings is 1. The fraction of sp³-hybridized carbons (Fsp3) is 0.440. The second-order valence-electron chi connectivity index (χ2n) is 9.20. The maximum Gasteiger partial charge on any atom is 0.164 e. The number of rotatable bonds is 5. The van der Waals surface area contributed by atoms with E-state index in [1.807, 2.05) is 41.5 Å². The van der Waals surface area contributed by atoms with Crippen molar-refractivity contribution in [3.05, 3.63) is 59.5 Å². The standard InChI is InChI=1S/C14H14NO3.C11H20O2.Pt/c1-18-12-2-3-13(11(7-12)9-17)14-6-10(8-16)4-5-15-14;1-10(2,3)8(12)7-9(13)11(4,5)6;/h2,4-7,16-17H,8-9H2,1H3;7,12H,1-6H3;/q-1;;/b;8-7-;. The number of aromatic nitrogens is 1. The van der Waals surface area contributed by atoms with Gasteiger partial charge in [-0.15, -0.1) is 17.7 Å². The molecule has 0 fully saturated rings. The summed E-state index contributed by atoms with van der Waals surface area (Å²) >= 11 is 0. The van der Waals surface area contributed by atoms with Crippen molar-refractivity contribution < 1.29 is 45.9 Å².